The van der Waals surface area contributed by atoms with Gasteiger partial charge in [0.15, 0.2) is 23.0 Å². The maximum absolute atomic E-state index is 14.0. The van der Waals surface area contributed by atoms with Gasteiger partial charge in [-0.2, -0.15) is 0 Å². The highest BCUT2D eigenvalue weighted by molar-refractivity contribution is 6.32. The van der Waals surface area contributed by atoms with Gasteiger partial charge in [-0.1, -0.05) is 35.3 Å². The highest BCUT2D eigenvalue weighted by Crippen LogP contribution is 2.37. The highest BCUT2D eigenvalue weighted by atomic mass is 35.5. The number of ether oxygens (including phenoxy) is 4. The van der Waals surface area contributed by atoms with Gasteiger partial charge in [0.05, 0.1) is 31.4 Å². The van der Waals surface area contributed by atoms with E-state index in [2.05, 4.69) is 5.32 Å². The van der Waals surface area contributed by atoms with Crippen LogP contribution in [0.5, 0.6) is 23.0 Å². The molecule has 3 aromatic rings. The fraction of sp³-hybridized carbons (Fsp3) is 0.280. The lowest BCUT2D eigenvalue weighted by molar-refractivity contribution is 0.280. The van der Waals surface area contributed by atoms with E-state index < -0.39 is 5.82 Å². The SMILES string of the molecule is COc1ccc(CCNCc2cc(Cl)c(OCc3c(F)cccc3Cl)c(OC)c2)cc1OC. The molecule has 0 amide bonds. The molecule has 0 atom stereocenters. The zero-order valence-electron chi connectivity index (χ0n) is 18.7. The molecule has 3 aromatic carbocycles. The van der Waals surface area contributed by atoms with E-state index in [1.165, 1.54) is 13.2 Å². The van der Waals surface area contributed by atoms with Crippen molar-refractivity contribution >= 4 is 23.2 Å². The van der Waals surface area contributed by atoms with E-state index in [0.29, 0.717) is 39.6 Å². The molecule has 0 bridgehead atoms. The Balaban J connectivity index is 1.60. The van der Waals surface area contributed by atoms with Crippen LogP contribution in [0, 0.1) is 5.82 Å². The standard InChI is InChI=1S/C25H26Cl2FNO4/c1-30-22-8-7-16(12-23(22)31-2)9-10-29-14-17-11-20(27)25(24(13-17)32-3)33-15-18-19(26)5-4-6-21(18)28/h4-8,11-13,29H,9-10,14-15H2,1-3H3. The van der Waals surface area contributed by atoms with Gasteiger partial charge in [-0.25, -0.2) is 4.39 Å². The molecule has 0 aliphatic heterocycles. The Bertz CT molecular complexity index is 1070. The number of hydrogen-bond acceptors (Lipinski definition) is 5. The molecule has 0 saturated carbocycles. The van der Waals surface area contributed by atoms with Gasteiger partial charge in [-0.15, -0.1) is 0 Å². The number of benzene rings is 3. The Morgan fingerprint density at radius 2 is 1.55 bits per heavy atom. The lowest BCUT2D eigenvalue weighted by atomic mass is 10.1. The van der Waals surface area contributed by atoms with Gasteiger partial charge in [0.2, 0.25) is 0 Å². The molecule has 1 N–H and O–H groups in total. The summed E-state index contributed by atoms with van der Waals surface area (Å²) in [6.07, 6.45) is 0.815. The molecular formula is C25H26Cl2FNO4. The lowest BCUT2D eigenvalue weighted by Crippen LogP contribution is -2.17. The molecule has 8 heteroatoms. The Kier molecular flexibility index (Phi) is 9.06. The van der Waals surface area contributed by atoms with Crippen LogP contribution in [0.4, 0.5) is 4.39 Å². The molecular weight excluding hydrogens is 468 g/mol. The van der Waals surface area contributed by atoms with Crippen LogP contribution < -0.4 is 24.3 Å². The lowest BCUT2D eigenvalue weighted by Gasteiger charge is -2.15. The molecule has 33 heavy (non-hydrogen) atoms. The second kappa shape index (κ2) is 12.0. The minimum Gasteiger partial charge on any atom is -0.493 e. The molecule has 0 heterocycles. The predicted octanol–water partition coefficient (Wildman–Crippen LogP) is 6.07. The van der Waals surface area contributed by atoms with Gasteiger partial charge in [0, 0.05) is 12.1 Å². The van der Waals surface area contributed by atoms with Crippen molar-refractivity contribution < 1.29 is 23.3 Å². The molecule has 5 nitrogen and oxygen atoms in total. The van der Waals surface area contributed by atoms with E-state index in [-0.39, 0.29) is 12.2 Å². The summed E-state index contributed by atoms with van der Waals surface area (Å²) in [5, 5.41) is 4.06. The summed E-state index contributed by atoms with van der Waals surface area (Å²) in [6.45, 7) is 1.27. The fourth-order valence-electron chi connectivity index (χ4n) is 3.33. The van der Waals surface area contributed by atoms with Crippen molar-refractivity contribution in [3.63, 3.8) is 0 Å². The molecule has 0 unspecified atom stereocenters. The summed E-state index contributed by atoms with van der Waals surface area (Å²) in [5.74, 6) is 1.78. The summed E-state index contributed by atoms with van der Waals surface area (Å²) in [5.41, 5.74) is 2.32. The van der Waals surface area contributed by atoms with Gasteiger partial charge in [0.25, 0.3) is 0 Å². The normalized spacial score (nSPS) is 10.7. The summed E-state index contributed by atoms with van der Waals surface area (Å²) in [6, 6.07) is 14.0. The topological polar surface area (TPSA) is 49.0 Å². The Hall–Kier alpha value is -2.67. The molecule has 0 aliphatic rings. The molecule has 3 rings (SSSR count). The van der Waals surface area contributed by atoms with Crippen LogP contribution in [-0.2, 0) is 19.6 Å². The van der Waals surface area contributed by atoms with Crippen molar-refractivity contribution in [3.8, 4) is 23.0 Å². The second-order valence-corrected chi connectivity index (χ2v) is 8.03. The molecule has 176 valence electrons. The third kappa shape index (κ3) is 6.44. The van der Waals surface area contributed by atoms with Gasteiger partial charge in [0.1, 0.15) is 12.4 Å². The summed E-state index contributed by atoms with van der Waals surface area (Å²) >= 11 is 12.5. The van der Waals surface area contributed by atoms with Crippen molar-refractivity contribution in [2.45, 2.75) is 19.6 Å². The van der Waals surface area contributed by atoms with Crippen LogP contribution >= 0.6 is 23.2 Å². The van der Waals surface area contributed by atoms with E-state index in [4.69, 9.17) is 42.1 Å². The Morgan fingerprint density at radius 3 is 2.24 bits per heavy atom. The van der Waals surface area contributed by atoms with Crippen LogP contribution in [0.3, 0.4) is 0 Å². The van der Waals surface area contributed by atoms with Crippen molar-refractivity contribution in [2.75, 3.05) is 27.9 Å². The minimum atomic E-state index is -0.437. The maximum Gasteiger partial charge on any atom is 0.180 e. The van der Waals surface area contributed by atoms with Crippen LogP contribution in [0.25, 0.3) is 0 Å². The first kappa shape index (κ1) is 25.0. The van der Waals surface area contributed by atoms with Gasteiger partial charge < -0.3 is 24.3 Å². The molecule has 0 aliphatic carbocycles. The first-order chi connectivity index (χ1) is 16.0. The molecule has 0 radical (unpaired) electrons. The average Bonchev–Trinajstić information content (AvgIpc) is 2.82. The smallest absolute Gasteiger partial charge is 0.180 e. The second-order valence-electron chi connectivity index (χ2n) is 7.21. The van der Waals surface area contributed by atoms with Crippen molar-refractivity contribution in [1.82, 2.24) is 5.32 Å². The van der Waals surface area contributed by atoms with Crippen molar-refractivity contribution in [2.24, 2.45) is 0 Å². The fourth-order valence-corrected chi connectivity index (χ4v) is 3.84. The summed E-state index contributed by atoms with van der Waals surface area (Å²) < 4.78 is 35.9. The zero-order chi connectivity index (χ0) is 23.8. The van der Waals surface area contributed by atoms with E-state index >= 15 is 0 Å². The van der Waals surface area contributed by atoms with Gasteiger partial charge in [-0.3, -0.25) is 0 Å². The van der Waals surface area contributed by atoms with Crippen molar-refractivity contribution in [3.05, 3.63) is 81.1 Å². The molecule has 0 fully saturated rings. The van der Waals surface area contributed by atoms with E-state index in [1.807, 2.05) is 24.3 Å². The van der Waals surface area contributed by atoms with Crippen LogP contribution in [-0.4, -0.2) is 27.9 Å². The largest absolute Gasteiger partial charge is 0.493 e. The van der Waals surface area contributed by atoms with Crippen molar-refractivity contribution in [1.29, 1.82) is 0 Å². The third-order valence-corrected chi connectivity index (χ3v) is 5.71. The van der Waals surface area contributed by atoms with E-state index in [9.17, 15) is 4.39 Å². The summed E-state index contributed by atoms with van der Waals surface area (Å²) in [4.78, 5) is 0. The van der Waals surface area contributed by atoms with E-state index in [0.717, 1.165) is 24.1 Å². The zero-order valence-corrected chi connectivity index (χ0v) is 20.2. The van der Waals surface area contributed by atoms with Crippen LogP contribution in [0.15, 0.2) is 48.5 Å². The first-order valence-corrected chi connectivity index (χ1v) is 11.1. The minimum absolute atomic E-state index is 0.0650. The van der Waals surface area contributed by atoms with E-state index in [1.54, 1.807) is 32.4 Å². The Labute approximate surface area is 203 Å². The molecule has 0 spiro atoms. The third-order valence-electron chi connectivity index (χ3n) is 5.08. The highest BCUT2D eigenvalue weighted by Gasteiger charge is 2.15. The van der Waals surface area contributed by atoms with Crippen LogP contribution in [0.2, 0.25) is 10.0 Å². The summed E-state index contributed by atoms with van der Waals surface area (Å²) in [7, 11) is 4.77. The number of nitrogens with one attached hydrogen (secondary N) is 1. The quantitative estimate of drug-likeness (QED) is 0.328. The van der Waals surface area contributed by atoms with Gasteiger partial charge in [-0.05, 0) is 60.5 Å². The number of methoxy groups -OCH3 is 3. The Morgan fingerprint density at radius 1 is 0.818 bits per heavy atom. The maximum atomic E-state index is 14.0. The van der Waals surface area contributed by atoms with Crippen LogP contribution in [0.1, 0.15) is 16.7 Å². The molecule has 0 saturated heterocycles. The number of hydrogen-bond donors (Lipinski definition) is 1. The number of halogens is 3. The first-order valence-electron chi connectivity index (χ1n) is 10.3. The predicted molar refractivity (Wildman–Crippen MR) is 129 cm³/mol. The monoisotopic (exact) mass is 493 g/mol. The number of rotatable bonds is 11. The van der Waals surface area contributed by atoms with Gasteiger partial charge >= 0.3 is 0 Å². The molecule has 0 aromatic heterocycles. The average molecular weight is 494 g/mol.